The van der Waals surface area contributed by atoms with Crippen molar-refractivity contribution < 1.29 is 4.79 Å². The van der Waals surface area contributed by atoms with Gasteiger partial charge in [0, 0.05) is 17.6 Å². The van der Waals surface area contributed by atoms with Crippen LogP contribution in [0.2, 0.25) is 0 Å². The minimum atomic E-state index is 0.152. The largest absolute Gasteiger partial charge is 0.311 e. The van der Waals surface area contributed by atoms with Crippen LogP contribution < -0.4 is 4.90 Å². The van der Waals surface area contributed by atoms with Gasteiger partial charge in [0.05, 0.1) is 11.3 Å². The molecular weight excluding hydrogens is 316 g/mol. The van der Waals surface area contributed by atoms with E-state index in [0.29, 0.717) is 5.75 Å². The van der Waals surface area contributed by atoms with E-state index in [-0.39, 0.29) is 5.91 Å². The Morgan fingerprint density at radius 1 is 1.17 bits per heavy atom. The number of hydrogen-bond donors (Lipinski definition) is 0. The lowest BCUT2D eigenvalue weighted by atomic mass is 10.2. The van der Waals surface area contributed by atoms with Gasteiger partial charge in [-0.05, 0) is 42.7 Å². The van der Waals surface area contributed by atoms with E-state index in [2.05, 4.69) is 25.1 Å². The third-order valence-corrected chi connectivity index (χ3v) is 5.47. The summed E-state index contributed by atoms with van der Waals surface area (Å²) in [6.45, 7) is 2.83. The van der Waals surface area contributed by atoms with Gasteiger partial charge < -0.3 is 4.90 Å². The van der Waals surface area contributed by atoms with Gasteiger partial charge in [-0.1, -0.05) is 48.2 Å². The fraction of sp³-hybridized carbons (Fsp3) is 0.200. The summed E-state index contributed by atoms with van der Waals surface area (Å²) >= 11 is 1.53. The first-order valence-corrected chi connectivity index (χ1v) is 9.08. The van der Waals surface area contributed by atoms with E-state index in [1.807, 2.05) is 41.3 Å². The molecule has 3 aromatic rings. The van der Waals surface area contributed by atoms with Crippen molar-refractivity contribution in [3.05, 3.63) is 65.7 Å². The lowest BCUT2D eigenvalue weighted by Crippen LogP contribution is -2.30. The Hall–Kier alpha value is -2.33. The Kier molecular flexibility index (Phi) is 3.98. The van der Waals surface area contributed by atoms with Crippen LogP contribution in [0.3, 0.4) is 0 Å². The van der Waals surface area contributed by atoms with Crippen LogP contribution in [0.15, 0.2) is 59.6 Å². The molecule has 2 aromatic carbocycles. The van der Waals surface area contributed by atoms with Crippen LogP contribution in [0.5, 0.6) is 0 Å². The molecule has 1 amide bonds. The molecule has 4 rings (SSSR count). The second kappa shape index (κ2) is 6.29. The van der Waals surface area contributed by atoms with E-state index in [9.17, 15) is 4.79 Å². The van der Waals surface area contributed by atoms with Crippen LogP contribution in [0, 0.1) is 6.92 Å². The number of para-hydroxylation sites is 2. The average molecular weight is 334 g/mol. The van der Waals surface area contributed by atoms with Crippen molar-refractivity contribution in [2.75, 3.05) is 17.2 Å². The Labute approximate surface area is 145 Å². The lowest BCUT2D eigenvalue weighted by molar-refractivity contribution is -0.116. The van der Waals surface area contributed by atoms with Crippen LogP contribution in [0.1, 0.15) is 11.1 Å². The highest BCUT2D eigenvalue weighted by atomic mass is 32.2. The minimum Gasteiger partial charge on any atom is -0.311 e. The highest BCUT2D eigenvalue weighted by Gasteiger charge is 2.24. The molecule has 0 saturated carbocycles. The topological polar surface area (TPSA) is 33.2 Å². The molecule has 0 atom stereocenters. The highest BCUT2D eigenvalue weighted by molar-refractivity contribution is 8.00. The SMILES string of the molecule is Cc1cc2ccccc2nc1SCC(=O)N1CCc2ccccc21. The molecule has 0 saturated heterocycles. The van der Waals surface area contributed by atoms with Crippen molar-refractivity contribution in [3.8, 4) is 0 Å². The van der Waals surface area contributed by atoms with Gasteiger partial charge in [0.25, 0.3) is 0 Å². The van der Waals surface area contributed by atoms with Gasteiger partial charge in [-0.2, -0.15) is 0 Å². The van der Waals surface area contributed by atoms with E-state index in [1.54, 1.807) is 0 Å². The van der Waals surface area contributed by atoms with Gasteiger partial charge in [-0.15, -0.1) is 0 Å². The van der Waals surface area contributed by atoms with Crippen LogP contribution in [0.4, 0.5) is 5.69 Å². The van der Waals surface area contributed by atoms with Gasteiger partial charge in [0.2, 0.25) is 5.91 Å². The minimum absolute atomic E-state index is 0.152. The number of hydrogen-bond acceptors (Lipinski definition) is 3. The Morgan fingerprint density at radius 2 is 1.96 bits per heavy atom. The van der Waals surface area contributed by atoms with Crippen molar-refractivity contribution in [1.82, 2.24) is 4.98 Å². The third kappa shape index (κ3) is 2.78. The van der Waals surface area contributed by atoms with Crippen LogP contribution in [-0.2, 0) is 11.2 Å². The molecule has 0 spiro atoms. The zero-order valence-electron chi connectivity index (χ0n) is 13.5. The van der Waals surface area contributed by atoms with E-state index in [1.165, 1.54) is 17.3 Å². The van der Waals surface area contributed by atoms with E-state index in [4.69, 9.17) is 4.98 Å². The second-order valence-corrected chi connectivity index (χ2v) is 6.98. The molecule has 0 fully saturated rings. The van der Waals surface area contributed by atoms with Gasteiger partial charge >= 0.3 is 0 Å². The summed E-state index contributed by atoms with van der Waals surface area (Å²) in [6, 6.07) is 18.4. The van der Waals surface area contributed by atoms with Gasteiger partial charge in [-0.25, -0.2) is 4.98 Å². The number of aryl methyl sites for hydroxylation is 1. The molecule has 2 heterocycles. The number of carbonyl (C=O) groups is 1. The van der Waals surface area contributed by atoms with Gasteiger partial charge in [0.1, 0.15) is 5.03 Å². The molecule has 120 valence electrons. The molecule has 1 aliphatic rings. The fourth-order valence-electron chi connectivity index (χ4n) is 3.16. The quantitative estimate of drug-likeness (QED) is 0.672. The Bertz CT molecular complexity index is 922. The van der Waals surface area contributed by atoms with E-state index >= 15 is 0 Å². The van der Waals surface area contributed by atoms with Crippen LogP contribution in [-0.4, -0.2) is 23.2 Å². The highest BCUT2D eigenvalue weighted by Crippen LogP contribution is 2.29. The summed E-state index contributed by atoms with van der Waals surface area (Å²) in [5, 5.41) is 2.08. The predicted octanol–water partition coefficient (Wildman–Crippen LogP) is 4.22. The van der Waals surface area contributed by atoms with Crippen molar-refractivity contribution in [3.63, 3.8) is 0 Å². The zero-order chi connectivity index (χ0) is 16.5. The van der Waals surface area contributed by atoms with Crippen LogP contribution in [0.25, 0.3) is 10.9 Å². The number of thioether (sulfide) groups is 1. The smallest absolute Gasteiger partial charge is 0.237 e. The first-order valence-electron chi connectivity index (χ1n) is 8.10. The maximum atomic E-state index is 12.6. The molecule has 0 bridgehead atoms. The van der Waals surface area contributed by atoms with E-state index < -0.39 is 0 Å². The molecule has 1 aliphatic heterocycles. The lowest BCUT2D eigenvalue weighted by Gasteiger charge is -2.17. The van der Waals surface area contributed by atoms with Gasteiger partial charge in [0.15, 0.2) is 0 Å². The van der Waals surface area contributed by atoms with Gasteiger partial charge in [-0.3, -0.25) is 4.79 Å². The normalized spacial score (nSPS) is 13.3. The number of rotatable bonds is 3. The molecule has 0 radical (unpaired) electrons. The standard InChI is InChI=1S/C20H18N2OS/c1-14-12-16-7-2-4-8-17(16)21-20(14)24-13-19(23)22-11-10-15-6-3-5-9-18(15)22/h2-9,12H,10-11,13H2,1H3. The molecule has 24 heavy (non-hydrogen) atoms. The summed E-state index contributed by atoms with van der Waals surface area (Å²) in [5.74, 6) is 0.569. The van der Waals surface area contributed by atoms with Crippen LogP contribution >= 0.6 is 11.8 Å². The number of amides is 1. The monoisotopic (exact) mass is 334 g/mol. The number of fused-ring (bicyclic) bond motifs is 2. The Morgan fingerprint density at radius 3 is 2.88 bits per heavy atom. The number of anilines is 1. The zero-order valence-corrected chi connectivity index (χ0v) is 14.3. The third-order valence-electron chi connectivity index (χ3n) is 4.39. The summed E-state index contributed by atoms with van der Waals surface area (Å²) in [7, 11) is 0. The predicted molar refractivity (Wildman–Crippen MR) is 99.7 cm³/mol. The molecule has 4 heteroatoms. The van der Waals surface area contributed by atoms with E-state index in [0.717, 1.165) is 40.1 Å². The maximum absolute atomic E-state index is 12.6. The van der Waals surface area contributed by atoms with Crippen molar-refractivity contribution in [2.24, 2.45) is 0 Å². The average Bonchev–Trinajstić information content (AvgIpc) is 3.04. The number of benzene rings is 2. The first kappa shape index (κ1) is 15.2. The molecule has 0 unspecified atom stereocenters. The number of pyridine rings is 1. The summed E-state index contributed by atoms with van der Waals surface area (Å²) in [4.78, 5) is 19.2. The molecule has 3 nitrogen and oxygen atoms in total. The first-order chi connectivity index (χ1) is 11.7. The number of carbonyl (C=O) groups excluding carboxylic acids is 1. The summed E-state index contributed by atoms with van der Waals surface area (Å²) in [6.07, 6.45) is 0.944. The number of aromatic nitrogens is 1. The van der Waals surface area contributed by atoms with Crippen molar-refractivity contribution in [2.45, 2.75) is 18.4 Å². The summed E-state index contributed by atoms with van der Waals surface area (Å²) in [5.41, 5.74) is 4.42. The maximum Gasteiger partial charge on any atom is 0.237 e. The molecule has 0 aliphatic carbocycles. The summed E-state index contributed by atoms with van der Waals surface area (Å²) < 4.78 is 0. The fourth-order valence-corrected chi connectivity index (χ4v) is 4.02. The second-order valence-electron chi connectivity index (χ2n) is 6.02. The van der Waals surface area contributed by atoms with Crippen molar-refractivity contribution >= 4 is 34.3 Å². The molecule has 0 N–H and O–H groups in total. The van der Waals surface area contributed by atoms with Crippen molar-refractivity contribution in [1.29, 1.82) is 0 Å². The molecule has 1 aromatic heterocycles. The number of nitrogens with zero attached hydrogens (tertiary/aromatic N) is 2. The Balaban J connectivity index is 1.51. The molecular formula is C20H18N2OS.